The molecule has 1 N–H and O–H groups in total. The van der Waals surface area contributed by atoms with Crippen LogP contribution in [-0.2, 0) is 13.1 Å². The first kappa shape index (κ1) is 13.3. The number of carbonyl (C=O) groups is 2. The standard InChI is InChI=1S/C16H12FNO3/c17-14-4-2-1-3-13(14)15(19)18-8-11-6-5-10(16(20)21)7-12(11)9-18/h1-7H,8-9H2,(H,20,21). The Labute approximate surface area is 120 Å². The Kier molecular flexibility index (Phi) is 3.17. The van der Waals surface area contributed by atoms with Crippen molar-refractivity contribution in [1.82, 2.24) is 4.90 Å². The van der Waals surface area contributed by atoms with E-state index in [-0.39, 0.29) is 17.0 Å². The first-order valence-electron chi connectivity index (χ1n) is 6.45. The zero-order chi connectivity index (χ0) is 15.0. The number of carboxylic acids is 1. The molecule has 3 rings (SSSR count). The van der Waals surface area contributed by atoms with Crippen LogP contribution in [0.2, 0.25) is 0 Å². The molecule has 21 heavy (non-hydrogen) atoms. The average molecular weight is 285 g/mol. The summed E-state index contributed by atoms with van der Waals surface area (Å²) in [6, 6.07) is 10.6. The van der Waals surface area contributed by atoms with Crippen LogP contribution >= 0.6 is 0 Å². The number of carbonyl (C=O) groups excluding carboxylic acids is 1. The van der Waals surface area contributed by atoms with Gasteiger partial charge in [0.05, 0.1) is 11.1 Å². The minimum Gasteiger partial charge on any atom is -0.478 e. The van der Waals surface area contributed by atoms with Crippen LogP contribution in [0.25, 0.3) is 0 Å². The van der Waals surface area contributed by atoms with Crippen molar-refractivity contribution in [2.24, 2.45) is 0 Å². The van der Waals surface area contributed by atoms with Crippen LogP contribution in [0.1, 0.15) is 31.8 Å². The number of carboxylic acid groups (broad SMARTS) is 1. The Hall–Kier alpha value is -2.69. The minimum atomic E-state index is -1.00. The summed E-state index contributed by atoms with van der Waals surface area (Å²) in [7, 11) is 0. The van der Waals surface area contributed by atoms with Crippen molar-refractivity contribution in [3.05, 3.63) is 70.5 Å². The van der Waals surface area contributed by atoms with Crippen molar-refractivity contribution in [3.63, 3.8) is 0 Å². The lowest BCUT2D eigenvalue weighted by Gasteiger charge is -2.15. The van der Waals surface area contributed by atoms with E-state index in [2.05, 4.69) is 0 Å². The van der Waals surface area contributed by atoms with E-state index in [0.29, 0.717) is 13.1 Å². The molecule has 5 heteroatoms. The van der Waals surface area contributed by atoms with Crippen molar-refractivity contribution >= 4 is 11.9 Å². The first-order chi connectivity index (χ1) is 10.1. The summed E-state index contributed by atoms with van der Waals surface area (Å²) in [5.41, 5.74) is 1.90. The van der Waals surface area contributed by atoms with Crippen molar-refractivity contribution < 1.29 is 19.1 Å². The van der Waals surface area contributed by atoms with Crippen LogP contribution in [0.4, 0.5) is 4.39 Å². The molecule has 0 spiro atoms. The van der Waals surface area contributed by atoms with Gasteiger partial charge in [0.25, 0.3) is 5.91 Å². The van der Waals surface area contributed by atoms with Gasteiger partial charge in [0, 0.05) is 13.1 Å². The maximum atomic E-state index is 13.7. The van der Waals surface area contributed by atoms with Gasteiger partial charge in [-0.2, -0.15) is 0 Å². The molecule has 0 aliphatic carbocycles. The molecule has 2 aromatic rings. The molecule has 0 unspecified atom stereocenters. The molecule has 0 saturated carbocycles. The smallest absolute Gasteiger partial charge is 0.335 e. The molecule has 0 fully saturated rings. The van der Waals surface area contributed by atoms with Gasteiger partial charge in [-0.3, -0.25) is 4.79 Å². The van der Waals surface area contributed by atoms with E-state index in [0.717, 1.165) is 11.1 Å². The van der Waals surface area contributed by atoms with Crippen molar-refractivity contribution in [2.45, 2.75) is 13.1 Å². The molecule has 1 amide bonds. The molecule has 0 aromatic heterocycles. The van der Waals surface area contributed by atoms with Gasteiger partial charge in [-0.1, -0.05) is 18.2 Å². The number of amides is 1. The highest BCUT2D eigenvalue weighted by atomic mass is 19.1. The van der Waals surface area contributed by atoms with Gasteiger partial charge in [0.15, 0.2) is 0 Å². The van der Waals surface area contributed by atoms with Crippen LogP contribution in [-0.4, -0.2) is 21.9 Å². The fraction of sp³-hybridized carbons (Fsp3) is 0.125. The minimum absolute atomic E-state index is 0.0313. The van der Waals surface area contributed by atoms with Crippen molar-refractivity contribution in [2.75, 3.05) is 0 Å². The number of fused-ring (bicyclic) bond motifs is 1. The maximum Gasteiger partial charge on any atom is 0.335 e. The zero-order valence-electron chi connectivity index (χ0n) is 11.0. The van der Waals surface area contributed by atoms with E-state index in [9.17, 15) is 14.0 Å². The number of hydrogen-bond donors (Lipinski definition) is 1. The number of nitrogens with zero attached hydrogens (tertiary/aromatic N) is 1. The molecule has 4 nitrogen and oxygen atoms in total. The molecule has 2 aromatic carbocycles. The van der Waals surface area contributed by atoms with Crippen molar-refractivity contribution in [3.8, 4) is 0 Å². The highest BCUT2D eigenvalue weighted by molar-refractivity contribution is 5.95. The van der Waals surface area contributed by atoms with E-state index < -0.39 is 11.8 Å². The van der Waals surface area contributed by atoms with Crippen molar-refractivity contribution in [1.29, 1.82) is 0 Å². The van der Waals surface area contributed by atoms with Crippen LogP contribution in [0, 0.1) is 5.82 Å². The lowest BCUT2D eigenvalue weighted by molar-refractivity contribution is 0.0696. The van der Waals surface area contributed by atoms with Crippen LogP contribution in [0.3, 0.4) is 0 Å². The molecule has 0 atom stereocenters. The predicted molar refractivity (Wildman–Crippen MR) is 73.4 cm³/mol. The summed E-state index contributed by atoms with van der Waals surface area (Å²) in [6.07, 6.45) is 0. The zero-order valence-corrected chi connectivity index (χ0v) is 11.0. The summed E-state index contributed by atoms with van der Waals surface area (Å²) >= 11 is 0. The topological polar surface area (TPSA) is 57.6 Å². The summed E-state index contributed by atoms with van der Waals surface area (Å²) in [5, 5.41) is 8.98. The Morgan fingerprint density at radius 1 is 1.05 bits per heavy atom. The average Bonchev–Trinajstić information content (AvgIpc) is 2.89. The molecule has 0 radical (unpaired) electrons. The highest BCUT2D eigenvalue weighted by Gasteiger charge is 2.26. The lowest BCUT2D eigenvalue weighted by atomic mass is 10.1. The Balaban J connectivity index is 1.86. The van der Waals surface area contributed by atoms with E-state index in [1.54, 1.807) is 18.2 Å². The fourth-order valence-corrected chi connectivity index (χ4v) is 2.48. The number of benzene rings is 2. The van der Waals surface area contributed by atoms with E-state index in [4.69, 9.17) is 5.11 Å². The van der Waals surface area contributed by atoms with Crippen LogP contribution in [0.5, 0.6) is 0 Å². The Morgan fingerprint density at radius 2 is 1.76 bits per heavy atom. The molecule has 0 bridgehead atoms. The second kappa shape index (κ2) is 5.01. The summed E-state index contributed by atoms with van der Waals surface area (Å²) < 4.78 is 13.7. The number of rotatable bonds is 2. The fourth-order valence-electron chi connectivity index (χ4n) is 2.48. The maximum absolute atomic E-state index is 13.7. The highest BCUT2D eigenvalue weighted by Crippen LogP contribution is 2.26. The summed E-state index contributed by atoms with van der Waals surface area (Å²) in [4.78, 5) is 24.8. The molecular weight excluding hydrogens is 273 g/mol. The van der Waals surface area contributed by atoms with E-state index in [1.165, 1.54) is 29.2 Å². The largest absolute Gasteiger partial charge is 0.478 e. The van der Waals surface area contributed by atoms with Gasteiger partial charge in [-0.05, 0) is 35.4 Å². The summed E-state index contributed by atoms with van der Waals surface area (Å²) in [5.74, 6) is -1.94. The SMILES string of the molecule is O=C(O)c1ccc2c(c1)CN(C(=O)c1ccccc1F)C2. The van der Waals surface area contributed by atoms with Gasteiger partial charge in [0.2, 0.25) is 0 Å². The lowest BCUT2D eigenvalue weighted by Crippen LogP contribution is -2.26. The number of halogens is 1. The summed E-state index contributed by atoms with van der Waals surface area (Å²) in [6.45, 7) is 0.659. The van der Waals surface area contributed by atoms with Crippen LogP contribution in [0.15, 0.2) is 42.5 Å². The van der Waals surface area contributed by atoms with Crippen LogP contribution < -0.4 is 0 Å². The van der Waals surface area contributed by atoms with E-state index in [1.807, 2.05) is 0 Å². The number of aromatic carboxylic acids is 1. The third-order valence-corrected chi connectivity index (χ3v) is 3.57. The normalized spacial score (nSPS) is 13.1. The molecule has 1 heterocycles. The molecular formula is C16H12FNO3. The first-order valence-corrected chi connectivity index (χ1v) is 6.45. The van der Waals surface area contributed by atoms with E-state index >= 15 is 0 Å². The van der Waals surface area contributed by atoms with Gasteiger partial charge >= 0.3 is 5.97 Å². The van der Waals surface area contributed by atoms with Gasteiger partial charge in [-0.15, -0.1) is 0 Å². The second-order valence-corrected chi connectivity index (χ2v) is 4.93. The van der Waals surface area contributed by atoms with Gasteiger partial charge < -0.3 is 10.0 Å². The molecule has 1 aliphatic rings. The quantitative estimate of drug-likeness (QED) is 0.923. The second-order valence-electron chi connectivity index (χ2n) is 4.93. The number of hydrogen-bond acceptors (Lipinski definition) is 2. The Bertz CT molecular complexity index is 742. The van der Waals surface area contributed by atoms with Gasteiger partial charge in [-0.25, -0.2) is 9.18 Å². The van der Waals surface area contributed by atoms with Gasteiger partial charge in [0.1, 0.15) is 5.82 Å². The monoisotopic (exact) mass is 285 g/mol. The molecule has 0 saturated heterocycles. The Morgan fingerprint density at radius 3 is 2.48 bits per heavy atom. The predicted octanol–water partition coefficient (Wildman–Crippen LogP) is 2.68. The molecule has 1 aliphatic heterocycles. The molecule has 106 valence electrons. The third-order valence-electron chi connectivity index (χ3n) is 3.57. The third kappa shape index (κ3) is 2.38.